The number of carbonyl (C=O) groups excluding carboxylic acids is 1. The van der Waals surface area contributed by atoms with Gasteiger partial charge >= 0.3 is 0 Å². The molecule has 0 radical (unpaired) electrons. The van der Waals surface area contributed by atoms with Gasteiger partial charge in [0.25, 0.3) is 0 Å². The Bertz CT molecular complexity index is 1190. The van der Waals surface area contributed by atoms with Gasteiger partial charge in [0.05, 0.1) is 4.90 Å². The summed E-state index contributed by atoms with van der Waals surface area (Å²) in [6.45, 7) is 0.0384. The second-order valence-electron chi connectivity index (χ2n) is 8.30. The molecule has 2 bridgehead atoms. The minimum absolute atomic E-state index is 0.0378. The van der Waals surface area contributed by atoms with Gasteiger partial charge in [-0.1, -0.05) is 0 Å². The van der Waals surface area contributed by atoms with Crippen LogP contribution in [0.5, 0.6) is 0 Å². The van der Waals surface area contributed by atoms with Gasteiger partial charge < -0.3 is 10.6 Å². The van der Waals surface area contributed by atoms with Crippen LogP contribution in [0.3, 0.4) is 0 Å². The Morgan fingerprint density at radius 2 is 1.58 bits per heavy atom. The van der Waals surface area contributed by atoms with Crippen molar-refractivity contribution in [2.75, 3.05) is 13.1 Å². The minimum atomic E-state index is -4.16. The van der Waals surface area contributed by atoms with Gasteiger partial charge in [-0.15, -0.1) is 0 Å². The number of nitrogens with zero attached hydrogens (tertiary/aromatic N) is 2. The molecule has 12 heteroatoms. The first-order valence-corrected chi connectivity index (χ1v) is 11.6. The maximum absolute atomic E-state index is 13.8. The summed E-state index contributed by atoms with van der Waals surface area (Å²) >= 11 is 0. The smallest absolute Gasteiger partial charge is 0.243 e. The SMILES string of the molecule is N[C@@H](CC(=O)N1C[C@@H]2C[C@H]1CN2S(=O)(=O)c1cc(F)cc(F)c1)Cc1cc(F)c(F)cc1F. The van der Waals surface area contributed by atoms with Crippen molar-refractivity contribution in [2.45, 2.75) is 42.3 Å². The van der Waals surface area contributed by atoms with E-state index in [1.807, 2.05) is 0 Å². The van der Waals surface area contributed by atoms with Gasteiger partial charge in [-0.25, -0.2) is 30.4 Å². The maximum atomic E-state index is 13.8. The largest absolute Gasteiger partial charge is 0.337 e. The molecular formula is C21H20F5N3O3S. The van der Waals surface area contributed by atoms with Crippen LogP contribution in [0, 0.1) is 29.1 Å². The Kier molecular flexibility index (Phi) is 6.18. The highest BCUT2D eigenvalue weighted by Crippen LogP contribution is 2.35. The van der Waals surface area contributed by atoms with Gasteiger partial charge in [-0.05, 0) is 36.6 Å². The molecule has 0 saturated carbocycles. The van der Waals surface area contributed by atoms with Crippen molar-refractivity contribution in [3.8, 4) is 0 Å². The molecule has 0 spiro atoms. The summed E-state index contributed by atoms with van der Waals surface area (Å²) in [5.74, 6) is -5.92. The molecule has 3 atom stereocenters. The molecule has 4 rings (SSSR count). The lowest BCUT2D eigenvalue weighted by molar-refractivity contribution is -0.133. The zero-order chi connectivity index (χ0) is 24.1. The van der Waals surface area contributed by atoms with Crippen LogP contribution < -0.4 is 5.73 Å². The van der Waals surface area contributed by atoms with Crippen LogP contribution in [0.1, 0.15) is 18.4 Å². The van der Waals surface area contributed by atoms with E-state index in [0.717, 1.165) is 16.4 Å². The van der Waals surface area contributed by atoms with E-state index in [9.17, 15) is 35.2 Å². The van der Waals surface area contributed by atoms with Crippen molar-refractivity contribution in [3.05, 3.63) is 65.0 Å². The molecule has 2 aliphatic rings. The van der Waals surface area contributed by atoms with E-state index in [0.29, 0.717) is 24.6 Å². The second kappa shape index (κ2) is 8.65. The molecule has 2 fully saturated rings. The predicted octanol–water partition coefficient (Wildman–Crippen LogP) is 2.32. The molecule has 0 aromatic heterocycles. The summed E-state index contributed by atoms with van der Waals surface area (Å²) in [6, 6.07) is 1.30. The highest BCUT2D eigenvalue weighted by molar-refractivity contribution is 7.89. The van der Waals surface area contributed by atoms with Crippen molar-refractivity contribution in [2.24, 2.45) is 5.73 Å². The standard InChI is InChI=1S/C21H20F5N3O3S/c22-12-3-13(23)5-17(4-12)33(31,32)29-10-15-7-16(29)9-28(15)21(30)6-14(27)1-11-2-19(25)20(26)8-18(11)24/h2-5,8,14-16H,1,6-7,9-10,27H2/t14-,15+,16+/m1/s1. The second-order valence-corrected chi connectivity index (χ2v) is 10.2. The zero-order valence-electron chi connectivity index (χ0n) is 17.1. The van der Waals surface area contributed by atoms with Gasteiger partial charge in [0, 0.05) is 49.8 Å². The number of likely N-dealkylation sites (tertiary alicyclic amines) is 1. The number of fused-ring (bicyclic) bond motifs is 2. The molecule has 0 aliphatic carbocycles. The van der Waals surface area contributed by atoms with Crippen LogP contribution in [0.15, 0.2) is 35.2 Å². The van der Waals surface area contributed by atoms with Crippen molar-refractivity contribution in [3.63, 3.8) is 0 Å². The van der Waals surface area contributed by atoms with Crippen LogP contribution in [0.2, 0.25) is 0 Å². The highest BCUT2D eigenvalue weighted by Gasteiger charge is 2.50. The number of hydrogen-bond acceptors (Lipinski definition) is 4. The minimum Gasteiger partial charge on any atom is -0.337 e. The van der Waals surface area contributed by atoms with Crippen LogP contribution in [-0.4, -0.2) is 54.7 Å². The molecule has 2 heterocycles. The summed E-state index contributed by atoms with van der Waals surface area (Å²) in [5.41, 5.74) is 5.77. The van der Waals surface area contributed by atoms with Gasteiger partial charge in [-0.2, -0.15) is 4.31 Å². The molecular weight excluding hydrogens is 469 g/mol. The third-order valence-corrected chi connectivity index (χ3v) is 7.86. The molecule has 178 valence electrons. The highest BCUT2D eigenvalue weighted by atomic mass is 32.2. The van der Waals surface area contributed by atoms with Crippen LogP contribution in [0.4, 0.5) is 22.0 Å². The number of benzene rings is 2. The van der Waals surface area contributed by atoms with Crippen LogP contribution >= 0.6 is 0 Å². The summed E-state index contributed by atoms with van der Waals surface area (Å²) in [7, 11) is -4.16. The number of carbonyl (C=O) groups is 1. The lowest BCUT2D eigenvalue weighted by Gasteiger charge is -2.34. The van der Waals surface area contributed by atoms with E-state index in [1.165, 1.54) is 4.90 Å². The Hall–Kier alpha value is -2.57. The van der Waals surface area contributed by atoms with Crippen LogP contribution in [0.25, 0.3) is 0 Å². The topological polar surface area (TPSA) is 83.7 Å². The Morgan fingerprint density at radius 1 is 0.939 bits per heavy atom. The molecule has 2 saturated heterocycles. The Balaban J connectivity index is 1.39. The Morgan fingerprint density at radius 3 is 2.18 bits per heavy atom. The predicted molar refractivity (Wildman–Crippen MR) is 107 cm³/mol. The lowest BCUT2D eigenvalue weighted by atomic mass is 10.0. The third-order valence-electron chi connectivity index (χ3n) is 5.96. The summed E-state index contributed by atoms with van der Waals surface area (Å²) in [6.07, 6.45) is -0.0400. The van der Waals surface area contributed by atoms with Crippen molar-refractivity contribution < 1.29 is 35.2 Å². The number of sulfonamides is 1. The molecule has 33 heavy (non-hydrogen) atoms. The normalized spacial score (nSPS) is 21.6. The number of halogens is 5. The number of nitrogens with two attached hydrogens (primary N) is 1. The molecule has 0 unspecified atom stereocenters. The van der Waals surface area contributed by atoms with E-state index in [4.69, 9.17) is 5.73 Å². The first-order chi connectivity index (χ1) is 15.5. The molecule has 2 aliphatic heterocycles. The molecule has 2 N–H and O–H groups in total. The summed E-state index contributed by atoms with van der Waals surface area (Å²) in [5, 5.41) is 0. The number of piperazine rings is 1. The first-order valence-electron chi connectivity index (χ1n) is 10.1. The number of rotatable bonds is 6. The fourth-order valence-electron chi connectivity index (χ4n) is 4.46. The fourth-order valence-corrected chi connectivity index (χ4v) is 6.17. The van der Waals surface area contributed by atoms with Crippen molar-refractivity contribution in [1.29, 1.82) is 0 Å². The zero-order valence-corrected chi connectivity index (χ0v) is 18.0. The monoisotopic (exact) mass is 489 g/mol. The molecule has 6 nitrogen and oxygen atoms in total. The number of hydrogen-bond donors (Lipinski definition) is 1. The fraction of sp³-hybridized carbons (Fsp3) is 0.381. The van der Waals surface area contributed by atoms with Gasteiger partial charge in [-0.3, -0.25) is 4.79 Å². The van der Waals surface area contributed by atoms with E-state index in [1.54, 1.807) is 0 Å². The average molecular weight is 489 g/mol. The summed E-state index contributed by atoms with van der Waals surface area (Å²) in [4.78, 5) is 13.7. The quantitative estimate of drug-likeness (QED) is 0.499. The molecule has 2 aromatic rings. The van der Waals surface area contributed by atoms with Crippen molar-refractivity contribution >= 4 is 15.9 Å². The average Bonchev–Trinajstić information content (AvgIpc) is 3.32. The molecule has 2 aromatic carbocycles. The Labute approximate surface area is 186 Å². The molecule has 1 amide bonds. The maximum Gasteiger partial charge on any atom is 0.243 e. The van der Waals surface area contributed by atoms with E-state index < -0.39 is 62.1 Å². The summed E-state index contributed by atoms with van der Waals surface area (Å²) < 4.78 is 94.1. The van der Waals surface area contributed by atoms with Gasteiger partial charge in [0.2, 0.25) is 15.9 Å². The first kappa shape index (κ1) is 23.6. The number of amides is 1. The van der Waals surface area contributed by atoms with E-state index in [2.05, 4.69) is 0 Å². The van der Waals surface area contributed by atoms with E-state index >= 15 is 0 Å². The lowest BCUT2D eigenvalue weighted by Crippen LogP contribution is -2.51. The van der Waals surface area contributed by atoms with Gasteiger partial charge in [0.1, 0.15) is 17.5 Å². The van der Waals surface area contributed by atoms with E-state index in [-0.39, 0.29) is 37.4 Å². The van der Waals surface area contributed by atoms with Crippen LogP contribution in [-0.2, 0) is 21.2 Å². The third kappa shape index (κ3) is 4.59. The van der Waals surface area contributed by atoms with Crippen molar-refractivity contribution in [1.82, 2.24) is 9.21 Å². The van der Waals surface area contributed by atoms with Gasteiger partial charge in [0.15, 0.2) is 11.6 Å².